The smallest absolute Gasteiger partial charge is 0.0726 e. The van der Waals surface area contributed by atoms with Gasteiger partial charge in [0.25, 0.3) is 0 Å². The summed E-state index contributed by atoms with van der Waals surface area (Å²) in [5, 5.41) is 0. The molecule has 0 bridgehead atoms. The van der Waals surface area contributed by atoms with Gasteiger partial charge in [-0.25, -0.2) is 0 Å². The highest BCUT2D eigenvalue weighted by molar-refractivity contribution is 6.02. The van der Waals surface area contributed by atoms with Gasteiger partial charge in [-0.05, 0) is 132 Å². The van der Waals surface area contributed by atoms with Crippen LogP contribution in [0.2, 0.25) is 0 Å². The van der Waals surface area contributed by atoms with Crippen molar-refractivity contribution in [2.45, 2.75) is 5.41 Å². The van der Waals surface area contributed by atoms with Crippen LogP contribution in [0.4, 0.5) is 17.1 Å². The van der Waals surface area contributed by atoms with Crippen molar-refractivity contribution in [3.63, 3.8) is 0 Å². The molecule has 0 spiro atoms. The van der Waals surface area contributed by atoms with Gasteiger partial charge >= 0.3 is 0 Å². The quantitative estimate of drug-likeness (QED) is 0.148. The maximum absolute atomic E-state index is 2.47. The number of hydrogen-bond donors (Lipinski definition) is 0. The second-order valence-corrected chi connectivity index (χ2v) is 16.4. The van der Waals surface area contributed by atoms with Gasteiger partial charge in [0, 0.05) is 16.9 Å². The lowest BCUT2D eigenvalue weighted by atomic mass is 9.70. The van der Waals surface area contributed by atoms with Crippen LogP contribution in [0.1, 0.15) is 22.3 Å². The standard InChI is InChI=1S/C61H41N/c1-5-18-42(19-6-1)45-32-35-50(36-33-45)62(59-31-16-14-28-52(59)46-24-11-4-12-25-46)51-27-17-26-49(41-51)61-57-30-15-13-29-53(57)55-39-48(44-22-9-3-10-23-44)40-56(60(55)61)54-38-47(34-37-58(54)61)43-20-7-2-8-21-43/h1-41H. The molecule has 2 aliphatic rings. The molecule has 0 amide bonds. The average Bonchev–Trinajstić information content (AvgIpc) is 3.83. The molecule has 12 rings (SSSR count). The summed E-state index contributed by atoms with van der Waals surface area (Å²) in [7, 11) is 0. The highest BCUT2D eigenvalue weighted by Crippen LogP contribution is 2.65. The molecule has 1 nitrogen and oxygen atoms in total. The van der Waals surface area contributed by atoms with Crippen LogP contribution in [0.15, 0.2) is 249 Å². The minimum atomic E-state index is -0.529. The summed E-state index contributed by atoms with van der Waals surface area (Å²) in [6.45, 7) is 0. The lowest BCUT2D eigenvalue weighted by Crippen LogP contribution is -2.26. The highest BCUT2D eigenvalue weighted by atomic mass is 15.1. The van der Waals surface area contributed by atoms with E-state index in [1.807, 2.05) is 0 Å². The molecular formula is C61H41N. The SMILES string of the molecule is c1ccc(-c2ccc(N(c3cccc(C45c6ccccc6-c6cc(-c7ccccc7)cc(c64)-c4cc(-c6ccccc6)ccc45)c3)c3ccccc3-c3ccccc3)cc2)cc1. The molecule has 0 radical (unpaired) electrons. The zero-order valence-corrected chi connectivity index (χ0v) is 34.1. The van der Waals surface area contributed by atoms with E-state index in [0.717, 1.165) is 17.1 Å². The molecule has 2 aliphatic carbocycles. The maximum Gasteiger partial charge on any atom is 0.0726 e. The van der Waals surface area contributed by atoms with Crippen LogP contribution in [0, 0.1) is 0 Å². The van der Waals surface area contributed by atoms with Gasteiger partial charge in [0.05, 0.1) is 11.1 Å². The van der Waals surface area contributed by atoms with Crippen LogP contribution in [-0.4, -0.2) is 0 Å². The van der Waals surface area contributed by atoms with Crippen molar-refractivity contribution in [1.82, 2.24) is 0 Å². The number of nitrogens with zero attached hydrogens (tertiary/aromatic N) is 1. The third-order valence-electron chi connectivity index (χ3n) is 13.1. The minimum absolute atomic E-state index is 0.529. The maximum atomic E-state index is 2.47. The topological polar surface area (TPSA) is 3.24 Å². The Bertz CT molecular complexity index is 3260. The Hall–Kier alpha value is -8.00. The second-order valence-electron chi connectivity index (χ2n) is 16.4. The first-order valence-corrected chi connectivity index (χ1v) is 21.5. The zero-order chi connectivity index (χ0) is 41.0. The summed E-state index contributed by atoms with van der Waals surface area (Å²) in [6.07, 6.45) is 0. The number of hydrogen-bond acceptors (Lipinski definition) is 1. The van der Waals surface area contributed by atoms with Gasteiger partial charge < -0.3 is 4.90 Å². The van der Waals surface area contributed by atoms with Gasteiger partial charge in [-0.3, -0.25) is 0 Å². The van der Waals surface area contributed by atoms with Crippen molar-refractivity contribution in [2.24, 2.45) is 0 Å². The molecule has 290 valence electrons. The van der Waals surface area contributed by atoms with Gasteiger partial charge in [0.1, 0.15) is 0 Å². The number of anilines is 3. The van der Waals surface area contributed by atoms with Crippen LogP contribution < -0.4 is 4.90 Å². The fourth-order valence-electron chi connectivity index (χ4n) is 10.4. The number of fused-ring (bicyclic) bond motifs is 6. The summed E-state index contributed by atoms with van der Waals surface area (Å²) < 4.78 is 0. The first kappa shape index (κ1) is 35.9. The molecular weight excluding hydrogens is 747 g/mol. The van der Waals surface area contributed by atoms with Crippen LogP contribution in [-0.2, 0) is 5.41 Å². The molecule has 0 fully saturated rings. The molecule has 0 saturated carbocycles. The van der Waals surface area contributed by atoms with Crippen molar-refractivity contribution in [2.75, 3.05) is 4.90 Å². The monoisotopic (exact) mass is 787 g/mol. The summed E-state index contributed by atoms with van der Waals surface area (Å²) in [4.78, 5) is 2.45. The molecule has 0 heterocycles. The number of benzene rings is 10. The van der Waals surface area contributed by atoms with E-state index in [1.165, 1.54) is 89.0 Å². The Morgan fingerprint density at radius 2 is 0.742 bits per heavy atom. The predicted octanol–water partition coefficient (Wildman–Crippen LogP) is 16.2. The molecule has 0 aromatic heterocycles. The van der Waals surface area contributed by atoms with Gasteiger partial charge in [-0.2, -0.15) is 0 Å². The first-order chi connectivity index (χ1) is 30.8. The van der Waals surface area contributed by atoms with E-state index in [4.69, 9.17) is 0 Å². The van der Waals surface area contributed by atoms with E-state index in [9.17, 15) is 0 Å². The molecule has 10 aromatic carbocycles. The molecule has 10 aromatic rings. The van der Waals surface area contributed by atoms with Crippen LogP contribution >= 0.6 is 0 Å². The van der Waals surface area contributed by atoms with Crippen molar-refractivity contribution in [3.05, 3.63) is 271 Å². The summed E-state index contributed by atoms with van der Waals surface area (Å²) in [5.74, 6) is 0. The molecule has 0 saturated heterocycles. The third-order valence-corrected chi connectivity index (χ3v) is 13.1. The van der Waals surface area contributed by atoms with E-state index in [0.29, 0.717) is 0 Å². The predicted molar refractivity (Wildman–Crippen MR) is 259 cm³/mol. The zero-order valence-electron chi connectivity index (χ0n) is 34.1. The fourth-order valence-corrected chi connectivity index (χ4v) is 10.4. The van der Waals surface area contributed by atoms with E-state index in [1.54, 1.807) is 0 Å². The number of para-hydroxylation sites is 1. The molecule has 0 aliphatic heterocycles. The fraction of sp³-hybridized carbons (Fsp3) is 0.0164. The minimum Gasteiger partial charge on any atom is -0.310 e. The van der Waals surface area contributed by atoms with Crippen molar-refractivity contribution in [1.29, 1.82) is 0 Å². The highest BCUT2D eigenvalue weighted by Gasteiger charge is 2.53. The van der Waals surface area contributed by atoms with Crippen molar-refractivity contribution in [3.8, 4) is 66.8 Å². The Balaban J connectivity index is 1.11. The van der Waals surface area contributed by atoms with Gasteiger partial charge in [0.15, 0.2) is 0 Å². The molecule has 1 unspecified atom stereocenters. The Kier molecular flexibility index (Phi) is 8.47. The van der Waals surface area contributed by atoms with Gasteiger partial charge in [0.2, 0.25) is 0 Å². The van der Waals surface area contributed by atoms with Crippen molar-refractivity contribution < 1.29 is 0 Å². The third kappa shape index (κ3) is 5.63. The Morgan fingerprint density at radius 1 is 0.258 bits per heavy atom. The normalized spacial score (nSPS) is 14.2. The van der Waals surface area contributed by atoms with E-state index >= 15 is 0 Å². The van der Waals surface area contributed by atoms with Gasteiger partial charge in [-0.15, -0.1) is 0 Å². The summed E-state index contributed by atoms with van der Waals surface area (Å²) >= 11 is 0. The largest absolute Gasteiger partial charge is 0.310 e. The van der Waals surface area contributed by atoms with E-state index < -0.39 is 5.41 Å². The lowest BCUT2D eigenvalue weighted by Gasteiger charge is -2.33. The molecule has 1 atom stereocenters. The molecule has 0 N–H and O–H groups in total. The average molecular weight is 788 g/mol. The lowest BCUT2D eigenvalue weighted by molar-refractivity contribution is 0.792. The van der Waals surface area contributed by atoms with Crippen LogP contribution in [0.25, 0.3) is 66.8 Å². The van der Waals surface area contributed by atoms with Crippen LogP contribution in [0.5, 0.6) is 0 Å². The molecule has 1 heteroatoms. The Morgan fingerprint density at radius 3 is 1.42 bits per heavy atom. The first-order valence-electron chi connectivity index (χ1n) is 21.5. The number of rotatable bonds is 8. The van der Waals surface area contributed by atoms with E-state index in [-0.39, 0.29) is 0 Å². The summed E-state index contributed by atoms with van der Waals surface area (Å²) in [6, 6.07) is 91.5. The van der Waals surface area contributed by atoms with Gasteiger partial charge in [-0.1, -0.05) is 200 Å². The van der Waals surface area contributed by atoms with E-state index in [2.05, 4.69) is 254 Å². The summed E-state index contributed by atoms with van der Waals surface area (Å²) in [5.41, 5.74) is 22.9. The van der Waals surface area contributed by atoms with Crippen molar-refractivity contribution >= 4 is 17.1 Å². The Labute approximate surface area is 363 Å². The second kappa shape index (κ2) is 14.6. The van der Waals surface area contributed by atoms with Crippen LogP contribution in [0.3, 0.4) is 0 Å². The molecule has 62 heavy (non-hydrogen) atoms.